The quantitative estimate of drug-likeness (QED) is 0.730. The molecule has 2 heterocycles. The van der Waals surface area contributed by atoms with Crippen molar-refractivity contribution in [3.05, 3.63) is 59.4 Å². The number of Topliss-reactive ketones (excluding diaryl/α,β-unsaturated/α-hetero) is 1. The molecule has 2 aromatic rings. The number of thioether (sulfide) groups is 1. The minimum atomic E-state index is -0.346. The van der Waals surface area contributed by atoms with E-state index in [1.165, 1.54) is 23.4 Å². The summed E-state index contributed by atoms with van der Waals surface area (Å²) in [5.41, 5.74) is 1.79. The molecule has 4 rings (SSSR count). The van der Waals surface area contributed by atoms with Gasteiger partial charge in [-0.2, -0.15) is 0 Å². The number of ether oxygens (including phenoxy) is 1. The van der Waals surface area contributed by atoms with Crippen molar-refractivity contribution in [1.82, 2.24) is 4.90 Å². The molecule has 0 saturated carbocycles. The summed E-state index contributed by atoms with van der Waals surface area (Å²) in [5.74, 6) is 1.43. The van der Waals surface area contributed by atoms with Gasteiger partial charge in [-0.25, -0.2) is 4.39 Å². The second-order valence-corrected chi connectivity index (χ2v) is 7.96. The lowest BCUT2D eigenvalue weighted by molar-refractivity contribution is 0.0967. The van der Waals surface area contributed by atoms with Gasteiger partial charge >= 0.3 is 0 Å². The highest BCUT2D eigenvalue weighted by Crippen LogP contribution is 2.36. The number of hydrogen-bond acceptors (Lipinski definition) is 4. The molecule has 1 atom stereocenters. The zero-order valence-electron chi connectivity index (χ0n) is 14.6. The smallest absolute Gasteiger partial charge is 0.164 e. The van der Waals surface area contributed by atoms with Crippen LogP contribution in [0, 0.1) is 5.82 Å². The first kappa shape index (κ1) is 17.6. The first-order valence-corrected chi connectivity index (χ1v) is 10.1. The van der Waals surface area contributed by atoms with Gasteiger partial charge in [0.25, 0.3) is 0 Å². The fraction of sp³-hybridized carbons (Fsp3) is 0.381. The Hall–Kier alpha value is -1.85. The SMILES string of the molecule is O=C(CCN1CCC(c2ccccc2)C1)c1cc(F)c2c(c1)OCCS2. The van der Waals surface area contributed by atoms with Crippen molar-refractivity contribution in [2.75, 3.05) is 32.0 Å². The van der Waals surface area contributed by atoms with Gasteiger partial charge in [-0.05, 0) is 36.6 Å². The standard InChI is InChI=1S/C21H22FNO2S/c22-18-12-17(13-20-21(18)26-11-10-25-20)19(24)7-9-23-8-6-16(14-23)15-4-2-1-3-5-15/h1-5,12-13,16H,6-11,14H2. The number of hydrogen-bond donors (Lipinski definition) is 0. The van der Waals surface area contributed by atoms with Crippen LogP contribution in [-0.4, -0.2) is 42.7 Å². The van der Waals surface area contributed by atoms with E-state index in [1.807, 2.05) is 6.07 Å². The minimum absolute atomic E-state index is 0.0194. The highest BCUT2D eigenvalue weighted by Gasteiger charge is 2.25. The molecule has 0 aliphatic carbocycles. The number of nitrogens with zero attached hydrogens (tertiary/aromatic N) is 1. The third kappa shape index (κ3) is 3.79. The van der Waals surface area contributed by atoms with Crippen molar-refractivity contribution >= 4 is 17.5 Å². The lowest BCUT2D eigenvalue weighted by Gasteiger charge is -2.19. The van der Waals surface area contributed by atoms with Gasteiger partial charge in [0.15, 0.2) is 5.78 Å². The number of carbonyl (C=O) groups is 1. The number of likely N-dealkylation sites (tertiary alicyclic amines) is 1. The predicted octanol–water partition coefficient (Wildman–Crippen LogP) is 4.37. The molecule has 1 fully saturated rings. The van der Waals surface area contributed by atoms with Gasteiger partial charge in [0, 0.05) is 30.8 Å². The van der Waals surface area contributed by atoms with E-state index >= 15 is 0 Å². The van der Waals surface area contributed by atoms with Gasteiger partial charge in [0.05, 0.1) is 11.5 Å². The molecule has 0 spiro atoms. The summed E-state index contributed by atoms with van der Waals surface area (Å²) in [6.45, 7) is 3.26. The van der Waals surface area contributed by atoms with E-state index in [1.54, 1.807) is 6.07 Å². The van der Waals surface area contributed by atoms with Crippen LogP contribution < -0.4 is 4.74 Å². The molecule has 0 bridgehead atoms. The highest BCUT2D eigenvalue weighted by atomic mass is 32.2. The summed E-state index contributed by atoms with van der Waals surface area (Å²) in [6, 6.07) is 13.6. The average molecular weight is 371 g/mol. The Kier molecular flexibility index (Phi) is 5.27. The topological polar surface area (TPSA) is 29.5 Å². The van der Waals surface area contributed by atoms with Crippen LogP contribution in [0.2, 0.25) is 0 Å². The van der Waals surface area contributed by atoms with Gasteiger partial charge in [-0.1, -0.05) is 30.3 Å². The predicted molar refractivity (Wildman–Crippen MR) is 102 cm³/mol. The van der Waals surface area contributed by atoms with Crippen LogP contribution in [0.15, 0.2) is 47.4 Å². The molecule has 1 saturated heterocycles. The van der Waals surface area contributed by atoms with Crippen molar-refractivity contribution in [2.45, 2.75) is 23.7 Å². The average Bonchev–Trinajstić information content (AvgIpc) is 3.16. The Morgan fingerprint density at radius 2 is 2.12 bits per heavy atom. The van der Waals surface area contributed by atoms with Crippen LogP contribution in [0.5, 0.6) is 5.75 Å². The summed E-state index contributed by atoms with van der Waals surface area (Å²) in [7, 11) is 0. The maximum Gasteiger partial charge on any atom is 0.164 e. The molecule has 2 aliphatic heterocycles. The minimum Gasteiger partial charge on any atom is -0.491 e. The van der Waals surface area contributed by atoms with Gasteiger partial charge in [0.2, 0.25) is 0 Å². The molecule has 0 aromatic heterocycles. The largest absolute Gasteiger partial charge is 0.491 e. The summed E-state index contributed by atoms with van der Waals surface area (Å²) in [5, 5.41) is 0. The molecular weight excluding hydrogens is 349 g/mol. The van der Waals surface area contributed by atoms with Crippen molar-refractivity contribution < 1.29 is 13.9 Å². The van der Waals surface area contributed by atoms with Gasteiger partial charge < -0.3 is 9.64 Å². The third-order valence-electron chi connectivity index (χ3n) is 5.12. The zero-order valence-corrected chi connectivity index (χ0v) is 15.4. The highest BCUT2D eigenvalue weighted by molar-refractivity contribution is 7.99. The summed E-state index contributed by atoms with van der Waals surface area (Å²) >= 11 is 1.45. The van der Waals surface area contributed by atoms with Crippen molar-refractivity contribution in [3.8, 4) is 5.75 Å². The van der Waals surface area contributed by atoms with E-state index < -0.39 is 0 Å². The van der Waals surface area contributed by atoms with Crippen LogP contribution in [-0.2, 0) is 0 Å². The first-order chi connectivity index (χ1) is 12.7. The Morgan fingerprint density at radius 3 is 2.96 bits per heavy atom. The van der Waals surface area contributed by atoms with Crippen LogP contribution in [0.25, 0.3) is 0 Å². The number of carbonyl (C=O) groups excluding carboxylic acids is 1. The lowest BCUT2D eigenvalue weighted by Crippen LogP contribution is -2.23. The van der Waals surface area contributed by atoms with Crippen molar-refractivity contribution in [2.24, 2.45) is 0 Å². The van der Waals surface area contributed by atoms with Crippen LogP contribution in [0.4, 0.5) is 4.39 Å². The molecule has 136 valence electrons. The molecule has 0 N–H and O–H groups in total. The Balaban J connectivity index is 1.35. The summed E-state index contributed by atoms with van der Waals surface area (Å²) in [6.07, 6.45) is 1.53. The molecule has 1 unspecified atom stereocenters. The molecule has 2 aliphatic rings. The zero-order chi connectivity index (χ0) is 17.9. The van der Waals surface area contributed by atoms with Crippen molar-refractivity contribution in [3.63, 3.8) is 0 Å². The maximum absolute atomic E-state index is 14.2. The van der Waals surface area contributed by atoms with Crippen LogP contribution in [0.1, 0.15) is 34.7 Å². The Bertz CT molecular complexity index is 796. The van der Waals surface area contributed by atoms with E-state index in [0.717, 1.165) is 31.8 Å². The number of benzene rings is 2. The molecular formula is C21H22FNO2S. The van der Waals surface area contributed by atoms with E-state index in [4.69, 9.17) is 4.74 Å². The molecule has 0 radical (unpaired) electrons. The fourth-order valence-corrected chi connectivity index (χ4v) is 4.54. The van der Waals surface area contributed by atoms with Crippen LogP contribution in [0.3, 0.4) is 0 Å². The van der Waals surface area contributed by atoms with E-state index in [2.05, 4.69) is 29.2 Å². The molecule has 2 aromatic carbocycles. The van der Waals surface area contributed by atoms with E-state index in [9.17, 15) is 9.18 Å². The fourth-order valence-electron chi connectivity index (χ4n) is 3.71. The van der Waals surface area contributed by atoms with Gasteiger partial charge in [-0.3, -0.25) is 4.79 Å². The van der Waals surface area contributed by atoms with E-state index in [-0.39, 0.29) is 11.6 Å². The maximum atomic E-state index is 14.2. The normalized spacial score (nSPS) is 19.8. The van der Waals surface area contributed by atoms with Gasteiger partial charge in [0.1, 0.15) is 11.6 Å². The molecule has 5 heteroatoms. The number of halogens is 1. The molecule has 3 nitrogen and oxygen atoms in total. The molecule has 26 heavy (non-hydrogen) atoms. The summed E-state index contributed by atoms with van der Waals surface area (Å²) < 4.78 is 19.7. The second kappa shape index (κ2) is 7.80. The Morgan fingerprint density at radius 1 is 1.27 bits per heavy atom. The van der Waals surface area contributed by atoms with E-state index in [0.29, 0.717) is 35.2 Å². The second-order valence-electron chi connectivity index (χ2n) is 6.85. The first-order valence-electron chi connectivity index (χ1n) is 9.10. The monoisotopic (exact) mass is 371 g/mol. The number of fused-ring (bicyclic) bond motifs is 1. The number of rotatable bonds is 5. The molecule has 0 amide bonds. The lowest BCUT2D eigenvalue weighted by atomic mass is 9.99. The summed E-state index contributed by atoms with van der Waals surface area (Å²) in [4.78, 5) is 15.4. The van der Waals surface area contributed by atoms with Crippen LogP contribution >= 0.6 is 11.8 Å². The number of ketones is 1. The van der Waals surface area contributed by atoms with Gasteiger partial charge in [-0.15, -0.1) is 11.8 Å². The Labute approximate surface area is 157 Å². The van der Waals surface area contributed by atoms with Crippen molar-refractivity contribution in [1.29, 1.82) is 0 Å². The third-order valence-corrected chi connectivity index (χ3v) is 6.17.